The number of hydrogen-bond acceptors (Lipinski definition) is 2. The second-order valence-electron chi connectivity index (χ2n) is 2.47. The summed E-state index contributed by atoms with van der Waals surface area (Å²) in [5.74, 6) is 0. The van der Waals surface area contributed by atoms with Gasteiger partial charge in [0.1, 0.15) is 0 Å². The van der Waals surface area contributed by atoms with E-state index < -0.39 is 23.0 Å². The molecule has 7 heteroatoms. The van der Waals surface area contributed by atoms with Gasteiger partial charge in [0.2, 0.25) is 0 Å². The van der Waals surface area contributed by atoms with Crippen LogP contribution in [0.25, 0.3) is 0 Å². The second-order valence-corrected chi connectivity index (χ2v) is 2.85. The van der Waals surface area contributed by atoms with Crippen molar-refractivity contribution in [2.24, 2.45) is 0 Å². The molecule has 13 heavy (non-hydrogen) atoms. The molecule has 0 fully saturated rings. The van der Waals surface area contributed by atoms with Gasteiger partial charge in [0.25, 0.3) is 0 Å². The number of nitrogens with zero attached hydrogens (tertiary/aromatic N) is 1. The maximum Gasteiger partial charge on any atom is 0.436 e. The summed E-state index contributed by atoms with van der Waals surface area (Å²) in [4.78, 5) is 0. The van der Waals surface area contributed by atoms with Gasteiger partial charge in [0, 0.05) is 0 Å². The van der Waals surface area contributed by atoms with E-state index in [1.165, 1.54) is 6.92 Å². The minimum absolute atomic E-state index is 0.131. The first kappa shape index (κ1) is 10.3. The largest absolute Gasteiger partial charge is 0.436 e. The first-order valence-corrected chi connectivity index (χ1v) is 3.71. The van der Waals surface area contributed by atoms with Crippen LogP contribution in [0.5, 0.6) is 0 Å². The summed E-state index contributed by atoms with van der Waals surface area (Å²) in [5.41, 5.74) is -1.33. The number of aliphatic hydroxyl groups excluding tert-OH is 1. The fourth-order valence-electron chi connectivity index (χ4n) is 0.806. The van der Waals surface area contributed by atoms with Crippen LogP contribution >= 0.6 is 11.6 Å². The predicted octanol–water partition coefficient (Wildman–Crippen LogP) is 2.14. The van der Waals surface area contributed by atoms with Crippen LogP contribution in [0.3, 0.4) is 0 Å². The maximum atomic E-state index is 12.1. The van der Waals surface area contributed by atoms with Crippen LogP contribution in [0, 0.1) is 0 Å². The van der Waals surface area contributed by atoms with Gasteiger partial charge in [-0.2, -0.15) is 18.3 Å². The van der Waals surface area contributed by atoms with Crippen LogP contribution in [0.1, 0.15) is 24.4 Å². The molecule has 0 saturated carbocycles. The van der Waals surface area contributed by atoms with Crippen LogP contribution in [-0.2, 0) is 6.18 Å². The molecule has 0 spiro atoms. The molecule has 74 valence electrons. The average Bonchev–Trinajstić information content (AvgIpc) is 2.28. The number of alkyl halides is 3. The number of aliphatic hydroxyl groups is 1. The van der Waals surface area contributed by atoms with Gasteiger partial charge in [0.15, 0.2) is 5.69 Å². The zero-order valence-electron chi connectivity index (χ0n) is 6.48. The summed E-state index contributed by atoms with van der Waals surface area (Å²) in [7, 11) is 0. The van der Waals surface area contributed by atoms with Crippen LogP contribution < -0.4 is 0 Å². The summed E-state index contributed by atoms with van der Waals surface area (Å²) in [6.07, 6.45) is -5.70. The Morgan fingerprint density at radius 1 is 1.54 bits per heavy atom. The lowest BCUT2D eigenvalue weighted by Gasteiger charge is -2.03. The van der Waals surface area contributed by atoms with E-state index >= 15 is 0 Å². The summed E-state index contributed by atoms with van der Waals surface area (Å²) in [5, 5.41) is 13.4. The molecule has 1 heterocycles. The molecule has 0 aliphatic rings. The van der Waals surface area contributed by atoms with E-state index in [0.29, 0.717) is 0 Å². The van der Waals surface area contributed by atoms with E-state index in [1.54, 1.807) is 0 Å². The van der Waals surface area contributed by atoms with Crippen molar-refractivity contribution >= 4 is 11.6 Å². The monoisotopic (exact) mass is 214 g/mol. The van der Waals surface area contributed by atoms with Crippen molar-refractivity contribution in [2.45, 2.75) is 19.2 Å². The molecular formula is C6H6ClF3N2O. The lowest BCUT2D eigenvalue weighted by molar-refractivity contribution is -0.141. The minimum Gasteiger partial charge on any atom is -0.387 e. The van der Waals surface area contributed by atoms with E-state index in [-0.39, 0.29) is 5.69 Å². The highest BCUT2D eigenvalue weighted by molar-refractivity contribution is 6.32. The van der Waals surface area contributed by atoms with Gasteiger partial charge in [-0.15, -0.1) is 0 Å². The smallest absolute Gasteiger partial charge is 0.387 e. The van der Waals surface area contributed by atoms with E-state index in [1.807, 2.05) is 5.10 Å². The summed E-state index contributed by atoms with van der Waals surface area (Å²) in [6.45, 7) is 1.29. The quantitative estimate of drug-likeness (QED) is 0.753. The molecule has 1 atom stereocenters. The van der Waals surface area contributed by atoms with E-state index in [9.17, 15) is 13.2 Å². The molecule has 0 aliphatic heterocycles. The van der Waals surface area contributed by atoms with E-state index in [0.717, 1.165) is 0 Å². The molecule has 0 aromatic carbocycles. The van der Waals surface area contributed by atoms with Crippen molar-refractivity contribution in [1.29, 1.82) is 0 Å². The van der Waals surface area contributed by atoms with Crippen molar-refractivity contribution in [3.63, 3.8) is 0 Å². The van der Waals surface area contributed by atoms with Crippen LogP contribution in [0.2, 0.25) is 5.02 Å². The Labute approximate surface area is 76.5 Å². The van der Waals surface area contributed by atoms with Gasteiger partial charge in [-0.05, 0) is 6.92 Å². The van der Waals surface area contributed by atoms with Gasteiger partial charge >= 0.3 is 6.18 Å². The highest BCUT2D eigenvalue weighted by Gasteiger charge is 2.38. The Balaban J connectivity index is 3.14. The highest BCUT2D eigenvalue weighted by atomic mass is 35.5. The molecule has 0 radical (unpaired) electrons. The number of nitrogens with one attached hydrogen (secondary N) is 1. The predicted molar refractivity (Wildman–Crippen MR) is 39.2 cm³/mol. The average molecular weight is 215 g/mol. The SMILES string of the molecule is CC(O)c1[nH]nc(C(F)(F)F)c1Cl. The van der Waals surface area contributed by atoms with Crippen molar-refractivity contribution < 1.29 is 18.3 Å². The molecule has 0 bridgehead atoms. The summed E-state index contributed by atoms with van der Waals surface area (Å²) < 4.78 is 36.2. The first-order chi connectivity index (χ1) is 5.84. The van der Waals surface area contributed by atoms with Gasteiger partial charge in [-0.25, -0.2) is 0 Å². The first-order valence-electron chi connectivity index (χ1n) is 3.33. The van der Waals surface area contributed by atoms with E-state index in [2.05, 4.69) is 5.10 Å². The van der Waals surface area contributed by atoms with Crippen LogP contribution in [0.15, 0.2) is 0 Å². The van der Waals surface area contributed by atoms with Crippen molar-refractivity contribution in [1.82, 2.24) is 10.2 Å². The third-order valence-electron chi connectivity index (χ3n) is 1.42. The number of aromatic amines is 1. The molecule has 0 saturated heterocycles. The number of hydrogen-bond donors (Lipinski definition) is 2. The Morgan fingerprint density at radius 3 is 2.31 bits per heavy atom. The van der Waals surface area contributed by atoms with Gasteiger partial charge in [0.05, 0.1) is 16.8 Å². The molecule has 2 N–H and O–H groups in total. The lowest BCUT2D eigenvalue weighted by atomic mass is 10.2. The number of halogens is 4. The normalized spacial score (nSPS) is 14.6. The summed E-state index contributed by atoms with van der Waals surface area (Å²) in [6, 6.07) is 0. The highest BCUT2D eigenvalue weighted by Crippen LogP contribution is 2.35. The lowest BCUT2D eigenvalue weighted by Crippen LogP contribution is -2.06. The second kappa shape index (κ2) is 3.19. The molecule has 0 amide bonds. The van der Waals surface area contributed by atoms with Crippen molar-refractivity contribution in [3.05, 3.63) is 16.4 Å². The number of rotatable bonds is 1. The Kier molecular flexibility index (Phi) is 2.53. The van der Waals surface area contributed by atoms with Crippen molar-refractivity contribution in [2.75, 3.05) is 0 Å². The number of aromatic nitrogens is 2. The molecule has 1 unspecified atom stereocenters. The molecule has 1 aromatic rings. The fraction of sp³-hybridized carbons (Fsp3) is 0.500. The zero-order chi connectivity index (χ0) is 10.2. The number of H-pyrrole nitrogens is 1. The summed E-state index contributed by atoms with van der Waals surface area (Å²) >= 11 is 5.33. The Bertz CT molecular complexity index is 307. The molecule has 3 nitrogen and oxygen atoms in total. The topological polar surface area (TPSA) is 48.9 Å². The maximum absolute atomic E-state index is 12.1. The molecule has 1 rings (SSSR count). The zero-order valence-corrected chi connectivity index (χ0v) is 7.24. The molecular weight excluding hydrogens is 209 g/mol. The van der Waals surface area contributed by atoms with Crippen LogP contribution in [-0.4, -0.2) is 15.3 Å². The minimum atomic E-state index is -4.60. The van der Waals surface area contributed by atoms with Gasteiger partial charge in [-0.1, -0.05) is 11.6 Å². The molecule has 1 aromatic heterocycles. The third-order valence-corrected chi connectivity index (χ3v) is 1.80. The third kappa shape index (κ3) is 1.94. The van der Waals surface area contributed by atoms with Gasteiger partial charge in [-0.3, -0.25) is 5.10 Å². The Morgan fingerprint density at radius 2 is 2.08 bits per heavy atom. The van der Waals surface area contributed by atoms with Gasteiger partial charge < -0.3 is 5.11 Å². The van der Waals surface area contributed by atoms with Crippen LogP contribution in [0.4, 0.5) is 13.2 Å². The van der Waals surface area contributed by atoms with Crippen molar-refractivity contribution in [3.8, 4) is 0 Å². The fourth-order valence-corrected chi connectivity index (χ4v) is 1.16. The standard InChI is InChI=1S/C6H6ClF3N2O/c1-2(13)4-3(7)5(12-11-4)6(8,9)10/h2,13H,1H3,(H,11,12). The molecule has 0 aliphatic carbocycles. The van der Waals surface area contributed by atoms with E-state index in [4.69, 9.17) is 16.7 Å². The Hall–Kier alpha value is -0.750.